The van der Waals surface area contributed by atoms with Gasteiger partial charge in [-0.2, -0.15) is 0 Å². The van der Waals surface area contributed by atoms with Gasteiger partial charge in [-0.05, 0) is 61.2 Å². The van der Waals surface area contributed by atoms with Crippen molar-refractivity contribution < 1.29 is 4.79 Å². The first-order valence-corrected chi connectivity index (χ1v) is 8.78. The van der Waals surface area contributed by atoms with E-state index in [0.29, 0.717) is 5.69 Å². The molecule has 0 radical (unpaired) electrons. The van der Waals surface area contributed by atoms with Gasteiger partial charge < -0.3 is 10.2 Å². The van der Waals surface area contributed by atoms with Gasteiger partial charge in [0, 0.05) is 17.9 Å². The first-order valence-electron chi connectivity index (χ1n) is 8.78. The number of carbonyl (C=O) groups excluding carboxylic acids is 1. The van der Waals surface area contributed by atoms with Crippen LogP contribution in [0.2, 0.25) is 0 Å². The maximum Gasteiger partial charge on any atom is 0.276 e. The van der Waals surface area contributed by atoms with Gasteiger partial charge in [-0.1, -0.05) is 30.3 Å². The number of aryl methyl sites for hydroxylation is 2. The minimum atomic E-state index is -0.256. The van der Waals surface area contributed by atoms with E-state index in [9.17, 15) is 4.79 Å². The Morgan fingerprint density at radius 2 is 1.92 bits per heavy atom. The Morgan fingerprint density at radius 1 is 1.04 bits per heavy atom. The Balaban J connectivity index is 1.53. The van der Waals surface area contributed by atoms with Gasteiger partial charge in [0.25, 0.3) is 5.91 Å². The molecule has 4 rings (SSSR count). The molecule has 1 aliphatic heterocycles. The van der Waals surface area contributed by atoms with Crippen LogP contribution in [0, 0.1) is 6.92 Å². The molecule has 0 aliphatic carbocycles. The van der Waals surface area contributed by atoms with E-state index < -0.39 is 0 Å². The lowest BCUT2D eigenvalue weighted by Gasteiger charge is -2.29. The van der Waals surface area contributed by atoms with Gasteiger partial charge in [0.2, 0.25) is 0 Å². The number of hydrogen-bond donors (Lipinski definition) is 1. The summed E-state index contributed by atoms with van der Waals surface area (Å²) in [4.78, 5) is 14.5. The third-order valence-corrected chi connectivity index (χ3v) is 4.55. The number of nitrogens with zero attached hydrogens (tertiary/aromatic N) is 3. The summed E-state index contributed by atoms with van der Waals surface area (Å²) in [6.07, 6.45) is 2.16. The quantitative estimate of drug-likeness (QED) is 0.776. The predicted molar refractivity (Wildman–Crippen MR) is 103 cm³/mol. The second kappa shape index (κ2) is 6.96. The number of carbonyl (C=O) groups is 1. The molecule has 0 atom stereocenters. The molecule has 5 nitrogen and oxygen atoms in total. The number of benzene rings is 2. The smallest absolute Gasteiger partial charge is 0.276 e. The molecule has 0 spiro atoms. The van der Waals surface area contributed by atoms with Crippen molar-refractivity contribution in [3.63, 3.8) is 0 Å². The van der Waals surface area contributed by atoms with E-state index in [1.807, 2.05) is 43.3 Å². The van der Waals surface area contributed by atoms with E-state index in [-0.39, 0.29) is 5.91 Å². The van der Waals surface area contributed by atoms with Crippen LogP contribution >= 0.6 is 0 Å². The molecule has 0 fully saturated rings. The number of fused-ring (bicyclic) bond motifs is 1. The monoisotopic (exact) mass is 344 g/mol. The summed E-state index contributed by atoms with van der Waals surface area (Å²) in [6.45, 7) is 2.89. The van der Waals surface area contributed by atoms with Gasteiger partial charge in [0.1, 0.15) is 0 Å². The topological polar surface area (TPSA) is 58.1 Å². The Bertz CT molecular complexity index is 937. The van der Waals surface area contributed by atoms with E-state index in [1.54, 1.807) is 6.07 Å². The number of amides is 1. The van der Waals surface area contributed by atoms with Crippen molar-refractivity contribution >= 4 is 23.1 Å². The fourth-order valence-corrected chi connectivity index (χ4v) is 3.28. The summed E-state index contributed by atoms with van der Waals surface area (Å²) >= 11 is 0. The van der Waals surface area contributed by atoms with Gasteiger partial charge >= 0.3 is 0 Å². The van der Waals surface area contributed by atoms with Crippen molar-refractivity contribution in [1.29, 1.82) is 0 Å². The van der Waals surface area contributed by atoms with Crippen LogP contribution in [0.1, 0.15) is 28.0 Å². The summed E-state index contributed by atoms with van der Waals surface area (Å²) < 4.78 is 0. The number of hydrogen-bond acceptors (Lipinski definition) is 4. The minimum Gasteiger partial charge on any atom is -0.325 e. The first-order chi connectivity index (χ1) is 12.7. The van der Waals surface area contributed by atoms with Crippen molar-refractivity contribution in [2.45, 2.75) is 19.8 Å². The molecule has 0 saturated carbocycles. The minimum absolute atomic E-state index is 0.256. The molecule has 0 unspecified atom stereocenters. The second-order valence-corrected chi connectivity index (χ2v) is 6.48. The van der Waals surface area contributed by atoms with Crippen molar-refractivity contribution in [3.05, 3.63) is 77.5 Å². The number of rotatable bonds is 3. The Hall–Kier alpha value is -3.21. The van der Waals surface area contributed by atoms with E-state index in [1.165, 1.54) is 11.3 Å². The highest BCUT2D eigenvalue weighted by Crippen LogP contribution is 2.31. The zero-order valence-electron chi connectivity index (χ0n) is 14.6. The van der Waals surface area contributed by atoms with Crippen LogP contribution in [-0.4, -0.2) is 22.6 Å². The molecular formula is C21H20N4O. The molecule has 0 saturated heterocycles. The molecule has 26 heavy (non-hydrogen) atoms. The lowest BCUT2D eigenvalue weighted by Crippen LogP contribution is -2.26. The van der Waals surface area contributed by atoms with Crippen molar-refractivity contribution in [1.82, 2.24) is 10.2 Å². The third-order valence-electron chi connectivity index (χ3n) is 4.55. The van der Waals surface area contributed by atoms with Crippen LogP contribution in [0.5, 0.6) is 0 Å². The molecule has 1 aromatic heterocycles. The molecule has 2 heterocycles. The zero-order chi connectivity index (χ0) is 17.9. The second-order valence-electron chi connectivity index (χ2n) is 6.48. The molecule has 5 heteroatoms. The normalized spacial score (nSPS) is 13.2. The molecule has 1 aliphatic rings. The molecule has 3 aromatic rings. The van der Waals surface area contributed by atoms with Crippen molar-refractivity contribution in [2.24, 2.45) is 0 Å². The maximum absolute atomic E-state index is 12.4. The SMILES string of the molecule is Cc1cccc(NC(=O)c2ccc(N3CCCc4ccccc43)nn2)c1. The van der Waals surface area contributed by atoms with Crippen molar-refractivity contribution in [3.8, 4) is 0 Å². The summed E-state index contributed by atoms with van der Waals surface area (Å²) in [5.74, 6) is 0.512. The summed E-state index contributed by atoms with van der Waals surface area (Å²) in [5.41, 5.74) is 4.64. The molecule has 130 valence electrons. The van der Waals surface area contributed by atoms with Gasteiger partial charge in [-0.25, -0.2) is 0 Å². The molecule has 0 bridgehead atoms. The highest BCUT2D eigenvalue weighted by Gasteiger charge is 2.19. The van der Waals surface area contributed by atoms with E-state index >= 15 is 0 Å². The van der Waals surface area contributed by atoms with Crippen LogP contribution in [0.4, 0.5) is 17.2 Å². The largest absolute Gasteiger partial charge is 0.325 e. The molecular weight excluding hydrogens is 324 g/mol. The van der Waals surface area contributed by atoms with Gasteiger partial charge in [0.05, 0.1) is 0 Å². The number of aromatic nitrogens is 2. The van der Waals surface area contributed by atoms with E-state index in [0.717, 1.165) is 36.5 Å². The van der Waals surface area contributed by atoms with E-state index in [4.69, 9.17) is 0 Å². The average Bonchev–Trinajstić information content (AvgIpc) is 2.68. The maximum atomic E-state index is 12.4. The molecule has 1 N–H and O–H groups in total. The number of para-hydroxylation sites is 1. The average molecular weight is 344 g/mol. The van der Waals surface area contributed by atoms with Gasteiger partial charge in [-0.3, -0.25) is 4.79 Å². The first kappa shape index (κ1) is 16.3. The fourth-order valence-electron chi connectivity index (χ4n) is 3.28. The van der Waals surface area contributed by atoms with Crippen LogP contribution in [0.25, 0.3) is 0 Å². The Morgan fingerprint density at radius 3 is 2.73 bits per heavy atom. The van der Waals surface area contributed by atoms with Gasteiger partial charge in [0.15, 0.2) is 11.5 Å². The highest BCUT2D eigenvalue weighted by molar-refractivity contribution is 6.02. The standard InChI is InChI=1S/C21H20N4O/c1-15-6-4-9-17(14-15)22-21(26)18-11-12-20(24-23-18)25-13-5-8-16-7-2-3-10-19(16)25/h2-4,6-7,9-12,14H,5,8,13H2,1H3,(H,22,26). The Labute approximate surface area is 152 Å². The van der Waals surface area contributed by atoms with Crippen LogP contribution in [-0.2, 0) is 6.42 Å². The molecule has 2 aromatic carbocycles. The highest BCUT2D eigenvalue weighted by atomic mass is 16.1. The third kappa shape index (κ3) is 3.28. The summed E-state index contributed by atoms with van der Waals surface area (Å²) in [7, 11) is 0. The number of nitrogens with one attached hydrogen (secondary N) is 1. The number of anilines is 3. The van der Waals surface area contributed by atoms with Crippen LogP contribution in [0.15, 0.2) is 60.7 Å². The fraction of sp³-hybridized carbons (Fsp3) is 0.190. The predicted octanol–water partition coefficient (Wildman–Crippen LogP) is 4.12. The van der Waals surface area contributed by atoms with E-state index in [2.05, 4.69) is 38.6 Å². The van der Waals surface area contributed by atoms with Crippen LogP contribution in [0.3, 0.4) is 0 Å². The Kier molecular flexibility index (Phi) is 4.35. The zero-order valence-corrected chi connectivity index (χ0v) is 14.6. The molecule has 1 amide bonds. The van der Waals surface area contributed by atoms with Gasteiger partial charge in [-0.15, -0.1) is 10.2 Å². The summed E-state index contributed by atoms with van der Waals surface area (Å²) in [5, 5.41) is 11.3. The lowest BCUT2D eigenvalue weighted by atomic mass is 10.0. The lowest BCUT2D eigenvalue weighted by molar-refractivity contribution is 0.102. The van der Waals surface area contributed by atoms with Crippen LogP contribution < -0.4 is 10.2 Å². The van der Waals surface area contributed by atoms with Crippen molar-refractivity contribution in [2.75, 3.05) is 16.8 Å². The summed E-state index contributed by atoms with van der Waals surface area (Å²) in [6, 6.07) is 19.6.